The summed E-state index contributed by atoms with van der Waals surface area (Å²) in [7, 11) is 3.14. The quantitative estimate of drug-likeness (QED) is 0.775. The standard InChI is InChI=1S/C20H26N4O4/c1-5-28-16-8-6-15(7-9-16)18(25)24-12-10-23(11-13-24)17-14(2)21(3)20(27)22(4)19(17)26/h6-9H,5,10-13H2,1-4H3. The van der Waals surface area contributed by atoms with E-state index in [1.807, 2.05) is 11.8 Å². The highest BCUT2D eigenvalue weighted by Crippen LogP contribution is 2.18. The summed E-state index contributed by atoms with van der Waals surface area (Å²) in [5.41, 5.74) is 1.14. The number of benzene rings is 1. The molecule has 1 fully saturated rings. The van der Waals surface area contributed by atoms with Crippen LogP contribution in [0, 0.1) is 6.92 Å². The van der Waals surface area contributed by atoms with Crippen LogP contribution < -0.4 is 20.9 Å². The van der Waals surface area contributed by atoms with Crippen LogP contribution in [0.15, 0.2) is 33.9 Å². The summed E-state index contributed by atoms with van der Waals surface area (Å²) in [5.74, 6) is 0.706. The molecule has 1 amide bonds. The van der Waals surface area contributed by atoms with Gasteiger partial charge in [0, 0.05) is 51.5 Å². The number of rotatable bonds is 4. The van der Waals surface area contributed by atoms with Crippen molar-refractivity contribution in [1.82, 2.24) is 14.0 Å². The summed E-state index contributed by atoms with van der Waals surface area (Å²) < 4.78 is 8.02. The van der Waals surface area contributed by atoms with Gasteiger partial charge in [-0.05, 0) is 38.1 Å². The molecular weight excluding hydrogens is 360 g/mol. The van der Waals surface area contributed by atoms with Gasteiger partial charge in [-0.2, -0.15) is 0 Å². The zero-order chi connectivity index (χ0) is 20.4. The van der Waals surface area contributed by atoms with E-state index in [-0.39, 0.29) is 17.2 Å². The lowest BCUT2D eigenvalue weighted by atomic mass is 10.1. The van der Waals surface area contributed by atoms with Crippen molar-refractivity contribution in [3.63, 3.8) is 0 Å². The summed E-state index contributed by atoms with van der Waals surface area (Å²) in [4.78, 5) is 41.2. The van der Waals surface area contributed by atoms with E-state index in [0.717, 1.165) is 10.3 Å². The maximum Gasteiger partial charge on any atom is 0.330 e. The predicted molar refractivity (Wildman–Crippen MR) is 107 cm³/mol. The van der Waals surface area contributed by atoms with Crippen molar-refractivity contribution in [2.75, 3.05) is 37.7 Å². The van der Waals surface area contributed by atoms with E-state index in [1.165, 1.54) is 11.6 Å². The van der Waals surface area contributed by atoms with Crippen molar-refractivity contribution in [2.24, 2.45) is 14.1 Å². The normalized spacial score (nSPS) is 14.3. The average Bonchev–Trinajstić information content (AvgIpc) is 2.72. The van der Waals surface area contributed by atoms with Crippen molar-refractivity contribution >= 4 is 11.6 Å². The summed E-state index contributed by atoms with van der Waals surface area (Å²) >= 11 is 0. The molecule has 1 aliphatic heterocycles. The molecule has 0 atom stereocenters. The molecule has 8 heteroatoms. The number of ether oxygens (including phenoxy) is 1. The molecule has 0 saturated carbocycles. The molecule has 1 aliphatic rings. The smallest absolute Gasteiger partial charge is 0.330 e. The second-order valence-corrected chi connectivity index (χ2v) is 6.88. The topological polar surface area (TPSA) is 76.8 Å². The molecule has 1 saturated heterocycles. The first-order chi connectivity index (χ1) is 13.3. The lowest BCUT2D eigenvalue weighted by Gasteiger charge is -2.36. The van der Waals surface area contributed by atoms with Crippen LogP contribution in [0.3, 0.4) is 0 Å². The number of hydrogen-bond donors (Lipinski definition) is 0. The van der Waals surface area contributed by atoms with E-state index >= 15 is 0 Å². The third-order valence-corrected chi connectivity index (χ3v) is 5.22. The first-order valence-electron chi connectivity index (χ1n) is 9.38. The van der Waals surface area contributed by atoms with Gasteiger partial charge in [0.25, 0.3) is 11.5 Å². The zero-order valence-corrected chi connectivity index (χ0v) is 16.8. The van der Waals surface area contributed by atoms with E-state index in [4.69, 9.17) is 4.74 Å². The molecule has 150 valence electrons. The van der Waals surface area contributed by atoms with Crippen molar-refractivity contribution in [1.29, 1.82) is 0 Å². The molecule has 0 N–H and O–H groups in total. The highest BCUT2D eigenvalue weighted by atomic mass is 16.5. The van der Waals surface area contributed by atoms with Gasteiger partial charge in [0.2, 0.25) is 0 Å². The Balaban J connectivity index is 1.74. The first-order valence-corrected chi connectivity index (χ1v) is 9.38. The number of anilines is 1. The van der Waals surface area contributed by atoms with Crippen LogP contribution in [0.2, 0.25) is 0 Å². The lowest BCUT2D eigenvalue weighted by molar-refractivity contribution is 0.0746. The maximum absolute atomic E-state index is 12.8. The highest BCUT2D eigenvalue weighted by Gasteiger charge is 2.26. The van der Waals surface area contributed by atoms with Gasteiger partial charge in [-0.15, -0.1) is 0 Å². The number of aromatic nitrogens is 2. The molecular formula is C20H26N4O4. The molecule has 3 rings (SSSR count). The molecule has 0 aliphatic carbocycles. The Kier molecular flexibility index (Phi) is 5.58. The van der Waals surface area contributed by atoms with Crippen molar-refractivity contribution < 1.29 is 9.53 Å². The van der Waals surface area contributed by atoms with E-state index in [0.29, 0.717) is 49.7 Å². The fourth-order valence-corrected chi connectivity index (χ4v) is 3.47. The summed E-state index contributed by atoms with van der Waals surface area (Å²) in [6.07, 6.45) is 0. The van der Waals surface area contributed by atoms with E-state index < -0.39 is 0 Å². The van der Waals surface area contributed by atoms with Crippen LogP contribution in [0.5, 0.6) is 5.75 Å². The monoisotopic (exact) mass is 386 g/mol. The van der Waals surface area contributed by atoms with Gasteiger partial charge in [0.15, 0.2) is 0 Å². The second kappa shape index (κ2) is 7.92. The number of amides is 1. The van der Waals surface area contributed by atoms with Crippen LogP contribution in [0.25, 0.3) is 0 Å². The maximum atomic E-state index is 12.8. The Hall–Kier alpha value is -3.03. The summed E-state index contributed by atoms with van der Waals surface area (Å²) in [6, 6.07) is 7.13. The van der Waals surface area contributed by atoms with Crippen LogP contribution in [-0.4, -0.2) is 52.7 Å². The first kappa shape index (κ1) is 19.7. The molecule has 1 aromatic heterocycles. The Bertz CT molecular complexity index is 983. The third-order valence-electron chi connectivity index (χ3n) is 5.22. The molecule has 28 heavy (non-hydrogen) atoms. The van der Waals surface area contributed by atoms with E-state index in [9.17, 15) is 14.4 Å². The molecule has 0 radical (unpaired) electrons. The fraction of sp³-hybridized carbons (Fsp3) is 0.450. The van der Waals surface area contributed by atoms with Crippen molar-refractivity contribution in [2.45, 2.75) is 13.8 Å². The van der Waals surface area contributed by atoms with Gasteiger partial charge in [-0.1, -0.05) is 0 Å². The molecule has 8 nitrogen and oxygen atoms in total. The fourth-order valence-electron chi connectivity index (χ4n) is 3.47. The Labute approximate surface area is 163 Å². The molecule has 1 aromatic carbocycles. The second-order valence-electron chi connectivity index (χ2n) is 6.88. The minimum atomic E-state index is -0.337. The van der Waals surface area contributed by atoms with Crippen molar-refractivity contribution in [3.05, 3.63) is 56.4 Å². The number of nitrogens with zero attached hydrogens (tertiary/aromatic N) is 4. The summed E-state index contributed by atoms with van der Waals surface area (Å²) in [5, 5.41) is 0. The number of carbonyl (C=O) groups is 1. The van der Waals surface area contributed by atoms with E-state index in [2.05, 4.69) is 0 Å². The van der Waals surface area contributed by atoms with Crippen LogP contribution >= 0.6 is 0 Å². The van der Waals surface area contributed by atoms with Gasteiger partial charge >= 0.3 is 5.69 Å². The number of hydrogen-bond acceptors (Lipinski definition) is 5. The highest BCUT2D eigenvalue weighted by molar-refractivity contribution is 5.94. The van der Waals surface area contributed by atoms with Crippen LogP contribution in [0.1, 0.15) is 23.0 Å². The summed E-state index contributed by atoms with van der Waals surface area (Å²) in [6.45, 7) is 6.37. The minimum Gasteiger partial charge on any atom is -0.494 e. The third kappa shape index (κ3) is 3.54. The molecule has 2 aromatic rings. The minimum absolute atomic E-state index is 0.0345. The molecule has 2 heterocycles. The van der Waals surface area contributed by atoms with Crippen LogP contribution in [0.4, 0.5) is 5.69 Å². The average molecular weight is 386 g/mol. The van der Waals surface area contributed by atoms with Crippen molar-refractivity contribution in [3.8, 4) is 5.75 Å². The lowest BCUT2D eigenvalue weighted by Crippen LogP contribution is -2.52. The predicted octanol–water partition coefficient (Wildman–Crippen LogP) is 0.754. The van der Waals surface area contributed by atoms with Crippen LogP contribution in [-0.2, 0) is 14.1 Å². The van der Waals surface area contributed by atoms with Gasteiger partial charge in [-0.25, -0.2) is 4.79 Å². The number of piperazine rings is 1. The van der Waals surface area contributed by atoms with Gasteiger partial charge in [-0.3, -0.25) is 18.7 Å². The van der Waals surface area contributed by atoms with Gasteiger partial charge in [0.1, 0.15) is 11.4 Å². The molecule has 0 bridgehead atoms. The van der Waals surface area contributed by atoms with Gasteiger partial charge < -0.3 is 14.5 Å². The Morgan fingerprint density at radius 1 is 1.00 bits per heavy atom. The van der Waals surface area contributed by atoms with Gasteiger partial charge in [0.05, 0.1) is 6.61 Å². The Morgan fingerprint density at radius 3 is 2.18 bits per heavy atom. The Morgan fingerprint density at radius 2 is 1.61 bits per heavy atom. The largest absolute Gasteiger partial charge is 0.494 e. The molecule has 0 unspecified atom stereocenters. The van der Waals surface area contributed by atoms with E-state index in [1.54, 1.807) is 43.1 Å². The SMILES string of the molecule is CCOc1ccc(C(=O)N2CCN(c3c(C)n(C)c(=O)n(C)c3=O)CC2)cc1. The number of carbonyl (C=O) groups excluding carboxylic acids is 1. The molecule has 0 spiro atoms. The zero-order valence-electron chi connectivity index (χ0n) is 16.8.